The molecule has 2 rings (SSSR count). The van der Waals surface area contributed by atoms with Crippen LogP contribution in [0.1, 0.15) is 24.8 Å². The molecule has 0 aromatic heterocycles. The Labute approximate surface area is 128 Å². The highest BCUT2D eigenvalue weighted by Crippen LogP contribution is 2.23. The summed E-state index contributed by atoms with van der Waals surface area (Å²) in [6.07, 6.45) is 3.35. The van der Waals surface area contributed by atoms with E-state index in [-0.39, 0.29) is 6.54 Å². The molecule has 1 aliphatic rings. The van der Waals surface area contributed by atoms with Crippen molar-refractivity contribution >= 4 is 0 Å². The maximum absolute atomic E-state index is 10.8. The van der Waals surface area contributed by atoms with Crippen LogP contribution >= 0.6 is 0 Å². The Hall–Kier alpha value is -0.940. The van der Waals surface area contributed by atoms with Crippen molar-refractivity contribution in [2.75, 3.05) is 46.3 Å². The number of hydrogen-bond acceptors (Lipinski definition) is 4. The zero-order valence-corrected chi connectivity index (χ0v) is 13.2. The molecule has 0 radical (unpaired) electrons. The first-order chi connectivity index (χ1) is 10.1. The minimum atomic E-state index is -0.914. The molecule has 3 N–H and O–H groups in total. The Morgan fingerprint density at radius 2 is 1.86 bits per heavy atom. The average Bonchev–Trinajstić information content (AvgIpc) is 3.05. The normalized spacial score (nSPS) is 19.0. The molecule has 0 aliphatic carbocycles. The highest BCUT2D eigenvalue weighted by atomic mass is 16.3. The summed E-state index contributed by atoms with van der Waals surface area (Å²) in [5.74, 6) is 0. The van der Waals surface area contributed by atoms with E-state index in [9.17, 15) is 5.11 Å². The van der Waals surface area contributed by atoms with Gasteiger partial charge in [-0.15, -0.1) is 0 Å². The molecule has 118 valence electrons. The topological polar surface area (TPSA) is 52.7 Å². The molecule has 0 spiro atoms. The van der Waals surface area contributed by atoms with Gasteiger partial charge in [0.15, 0.2) is 0 Å². The Balaban J connectivity index is 1.79. The number of benzene rings is 1. The molecule has 1 unspecified atom stereocenters. The van der Waals surface area contributed by atoms with Crippen LogP contribution in [0.4, 0.5) is 0 Å². The average molecular weight is 291 g/mol. The van der Waals surface area contributed by atoms with Gasteiger partial charge in [-0.3, -0.25) is 0 Å². The van der Waals surface area contributed by atoms with Crippen LogP contribution in [-0.2, 0) is 5.60 Å². The van der Waals surface area contributed by atoms with E-state index in [1.54, 1.807) is 0 Å². The van der Waals surface area contributed by atoms with Gasteiger partial charge >= 0.3 is 0 Å². The molecule has 0 saturated carbocycles. The molecular weight excluding hydrogens is 262 g/mol. The van der Waals surface area contributed by atoms with Gasteiger partial charge in [0.25, 0.3) is 0 Å². The number of nitrogens with two attached hydrogens (primary N) is 1. The van der Waals surface area contributed by atoms with Crippen LogP contribution in [0.5, 0.6) is 0 Å². The predicted octanol–water partition coefficient (Wildman–Crippen LogP) is 1.25. The standard InChI is InChI=1S/C17H29N3O/c1-19(13-14-20-10-5-6-11-20)12-9-17(21,15-18)16-7-3-2-4-8-16/h2-4,7-8,21H,5-6,9-15,18H2,1H3. The van der Waals surface area contributed by atoms with E-state index in [0.717, 1.165) is 25.2 Å². The first-order valence-corrected chi connectivity index (χ1v) is 8.03. The molecule has 1 aliphatic heterocycles. The molecule has 1 fully saturated rings. The SMILES string of the molecule is CN(CCN1CCCC1)CCC(O)(CN)c1ccccc1. The van der Waals surface area contributed by atoms with Crippen LogP contribution in [-0.4, -0.2) is 61.2 Å². The number of nitrogens with zero attached hydrogens (tertiary/aromatic N) is 2. The van der Waals surface area contributed by atoms with Crippen molar-refractivity contribution in [2.45, 2.75) is 24.9 Å². The van der Waals surface area contributed by atoms with Crippen LogP contribution in [0.2, 0.25) is 0 Å². The fourth-order valence-corrected chi connectivity index (χ4v) is 2.92. The van der Waals surface area contributed by atoms with E-state index in [2.05, 4.69) is 16.8 Å². The van der Waals surface area contributed by atoms with Crippen LogP contribution in [0.3, 0.4) is 0 Å². The Kier molecular flexibility index (Phi) is 6.18. The molecule has 0 amide bonds. The second-order valence-corrected chi connectivity index (χ2v) is 6.20. The van der Waals surface area contributed by atoms with E-state index >= 15 is 0 Å². The van der Waals surface area contributed by atoms with Gasteiger partial charge in [0.1, 0.15) is 5.60 Å². The first kappa shape index (κ1) is 16.4. The van der Waals surface area contributed by atoms with E-state index in [1.165, 1.54) is 25.9 Å². The molecule has 1 aromatic carbocycles. The summed E-state index contributed by atoms with van der Waals surface area (Å²) in [5, 5.41) is 10.8. The number of likely N-dealkylation sites (N-methyl/N-ethyl adjacent to an activating group) is 1. The van der Waals surface area contributed by atoms with Crippen LogP contribution in [0.15, 0.2) is 30.3 Å². The van der Waals surface area contributed by atoms with Gasteiger partial charge in [0.05, 0.1) is 0 Å². The van der Waals surface area contributed by atoms with Gasteiger partial charge in [0.2, 0.25) is 0 Å². The lowest BCUT2D eigenvalue weighted by Gasteiger charge is -2.30. The second kappa shape index (κ2) is 7.90. The van der Waals surface area contributed by atoms with Gasteiger partial charge in [-0.2, -0.15) is 0 Å². The lowest BCUT2D eigenvalue weighted by atomic mass is 9.90. The second-order valence-electron chi connectivity index (χ2n) is 6.20. The van der Waals surface area contributed by atoms with Crippen molar-refractivity contribution in [3.05, 3.63) is 35.9 Å². The van der Waals surface area contributed by atoms with Crippen molar-refractivity contribution in [3.63, 3.8) is 0 Å². The molecule has 4 heteroatoms. The maximum atomic E-state index is 10.8. The van der Waals surface area contributed by atoms with Crippen LogP contribution in [0, 0.1) is 0 Å². The minimum Gasteiger partial charge on any atom is -0.384 e. The highest BCUT2D eigenvalue weighted by molar-refractivity contribution is 5.22. The van der Waals surface area contributed by atoms with E-state index in [4.69, 9.17) is 5.73 Å². The van der Waals surface area contributed by atoms with E-state index in [1.807, 2.05) is 30.3 Å². The lowest BCUT2D eigenvalue weighted by molar-refractivity contribution is 0.0275. The highest BCUT2D eigenvalue weighted by Gasteiger charge is 2.27. The van der Waals surface area contributed by atoms with Gasteiger partial charge in [0, 0.05) is 26.2 Å². The zero-order valence-electron chi connectivity index (χ0n) is 13.2. The smallest absolute Gasteiger partial charge is 0.103 e. The van der Waals surface area contributed by atoms with Crippen LogP contribution in [0.25, 0.3) is 0 Å². The zero-order chi connectivity index (χ0) is 15.1. The summed E-state index contributed by atoms with van der Waals surface area (Å²) in [7, 11) is 2.12. The summed E-state index contributed by atoms with van der Waals surface area (Å²) >= 11 is 0. The molecule has 1 aromatic rings. The van der Waals surface area contributed by atoms with Crippen molar-refractivity contribution < 1.29 is 5.11 Å². The van der Waals surface area contributed by atoms with Crippen molar-refractivity contribution in [1.82, 2.24) is 9.80 Å². The molecule has 21 heavy (non-hydrogen) atoms. The third-order valence-corrected chi connectivity index (χ3v) is 4.55. The van der Waals surface area contributed by atoms with Gasteiger partial charge in [-0.25, -0.2) is 0 Å². The van der Waals surface area contributed by atoms with Crippen molar-refractivity contribution in [3.8, 4) is 0 Å². The fraction of sp³-hybridized carbons (Fsp3) is 0.647. The molecule has 1 atom stereocenters. The molecule has 0 bridgehead atoms. The molecule has 1 saturated heterocycles. The quantitative estimate of drug-likeness (QED) is 0.757. The van der Waals surface area contributed by atoms with E-state index in [0.29, 0.717) is 6.42 Å². The third kappa shape index (κ3) is 4.78. The fourth-order valence-electron chi connectivity index (χ4n) is 2.92. The largest absolute Gasteiger partial charge is 0.384 e. The monoisotopic (exact) mass is 291 g/mol. The summed E-state index contributed by atoms with van der Waals surface area (Å²) in [6, 6.07) is 9.77. The Morgan fingerprint density at radius 1 is 1.19 bits per heavy atom. The molecule has 1 heterocycles. The van der Waals surface area contributed by atoms with E-state index < -0.39 is 5.60 Å². The van der Waals surface area contributed by atoms with Gasteiger partial charge in [-0.1, -0.05) is 30.3 Å². The minimum absolute atomic E-state index is 0.261. The number of aliphatic hydroxyl groups is 1. The summed E-state index contributed by atoms with van der Waals surface area (Å²) in [5.41, 5.74) is 5.83. The van der Waals surface area contributed by atoms with Gasteiger partial charge < -0.3 is 20.6 Å². The molecular formula is C17H29N3O. The number of rotatable bonds is 8. The number of likely N-dealkylation sites (tertiary alicyclic amines) is 1. The summed E-state index contributed by atoms with van der Waals surface area (Å²) < 4.78 is 0. The van der Waals surface area contributed by atoms with Gasteiger partial charge in [-0.05, 0) is 45.0 Å². The summed E-state index contributed by atoms with van der Waals surface area (Å²) in [6.45, 7) is 5.78. The van der Waals surface area contributed by atoms with Crippen LogP contribution < -0.4 is 5.73 Å². The van der Waals surface area contributed by atoms with Crippen molar-refractivity contribution in [1.29, 1.82) is 0 Å². The third-order valence-electron chi connectivity index (χ3n) is 4.55. The predicted molar refractivity (Wildman–Crippen MR) is 87.2 cm³/mol. The van der Waals surface area contributed by atoms with Crippen molar-refractivity contribution in [2.24, 2.45) is 5.73 Å². The Bertz CT molecular complexity index is 406. The first-order valence-electron chi connectivity index (χ1n) is 8.03. The molecule has 4 nitrogen and oxygen atoms in total. The number of hydrogen-bond donors (Lipinski definition) is 2. The summed E-state index contributed by atoms with van der Waals surface area (Å²) in [4.78, 5) is 4.81. The Morgan fingerprint density at radius 3 is 2.48 bits per heavy atom. The maximum Gasteiger partial charge on any atom is 0.103 e. The lowest BCUT2D eigenvalue weighted by Crippen LogP contribution is -2.39.